The lowest BCUT2D eigenvalue weighted by Crippen LogP contribution is -2.10. The van der Waals surface area contributed by atoms with Gasteiger partial charge in [-0.1, -0.05) is 0 Å². The van der Waals surface area contributed by atoms with Crippen molar-refractivity contribution in [2.24, 2.45) is 0 Å². The molecule has 0 bridgehead atoms. The average molecular weight is 319 g/mol. The fraction of sp³-hybridized carbons (Fsp3) is 0.364. The molecule has 17 heavy (non-hydrogen) atoms. The molecule has 1 unspecified atom stereocenters. The number of hydrogen-bond donors (Lipinski definition) is 1. The number of benzene rings is 1. The highest BCUT2D eigenvalue weighted by atomic mass is 79.9. The molecule has 6 heteroatoms. The van der Waals surface area contributed by atoms with E-state index < -0.39 is 0 Å². The first-order valence-electron chi connectivity index (χ1n) is 5.12. The summed E-state index contributed by atoms with van der Waals surface area (Å²) in [6, 6.07) is 3.26. The van der Waals surface area contributed by atoms with Gasteiger partial charge in [-0.2, -0.15) is 0 Å². The normalized spacial score (nSPS) is 13.2. The number of ether oxygens (including phenoxy) is 1. The molecule has 1 aromatic carbocycles. The molecule has 0 saturated heterocycles. The van der Waals surface area contributed by atoms with Crippen molar-refractivity contribution < 1.29 is 9.13 Å². The number of aromatic amines is 1. The van der Waals surface area contributed by atoms with Crippen LogP contribution in [0.5, 0.6) is 0 Å². The highest BCUT2D eigenvalue weighted by molar-refractivity contribution is 9.10. The summed E-state index contributed by atoms with van der Waals surface area (Å²) < 4.78 is 21.5. The van der Waals surface area contributed by atoms with Crippen LogP contribution in [-0.4, -0.2) is 23.3 Å². The number of nitrogens with zero attached hydrogens (tertiary/aromatic N) is 1. The van der Waals surface area contributed by atoms with E-state index in [-0.39, 0.29) is 11.9 Å². The Morgan fingerprint density at radius 2 is 2.29 bits per heavy atom. The van der Waals surface area contributed by atoms with Gasteiger partial charge in [0.05, 0.1) is 28.2 Å². The summed E-state index contributed by atoms with van der Waals surface area (Å²) in [4.78, 5) is 3.00. The van der Waals surface area contributed by atoms with Crippen molar-refractivity contribution in [3.8, 4) is 0 Å². The molecule has 1 atom stereocenters. The molecule has 0 fully saturated rings. The Balaban J connectivity index is 2.66. The van der Waals surface area contributed by atoms with Gasteiger partial charge in [0, 0.05) is 13.2 Å². The van der Waals surface area contributed by atoms with Crippen LogP contribution in [0.3, 0.4) is 0 Å². The zero-order chi connectivity index (χ0) is 12.6. The van der Waals surface area contributed by atoms with Gasteiger partial charge in [-0.3, -0.25) is 0 Å². The third kappa shape index (κ3) is 2.29. The lowest BCUT2D eigenvalue weighted by molar-refractivity contribution is 0.163. The maximum absolute atomic E-state index is 13.4. The van der Waals surface area contributed by atoms with Crippen LogP contribution in [0.25, 0.3) is 11.0 Å². The Kier molecular flexibility index (Phi) is 3.65. The standard InChI is InChI=1S/C11H12BrFN2OS/c1-6(5-16-2)15-10-3-7(12)8(13)4-9(10)14-11(15)17/h3-4,6H,5H2,1-2H3,(H,14,17). The molecule has 0 aliphatic heterocycles. The quantitative estimate of drug-likeness (QED) is 0.872. The molecule has 0 amide bonds. The molecule has 92 valence electrons. The first-order valence-corrected chi connectivity index (χ1v) is 6.33. The number of halogens is 2. The van der Waals surface area contributed by atoms with Crippen LogP contribution in [0.4, 0.5) is 4.39 Å². The molecule has 3 nitrogen and oxygen atoms in total. The summed E-state index contributed by atoms with van der Waals surface area (Å²) in [5, 5.41) is 0. The number of H-pyrrole nitrogens is 1. The number of aromatic nitrogens is 2. The summed E-state index contributed by atoms with van der Waals surface area (Å²) in [7, 11) is 1.64. The van der Waals surface area contributed by atoms with Crippen molar-refractivity contribution >= 4 is 39.2 Å². The SMILES string of the molecule is COCC(C)n1c(=S)[nH]c2cc(F)c(Br)cc21. The Labute approximate surface area is 112 Å². The van der Waals surface area contributed by atoms with E-state index in [0.29, 0.717) is 21.4 Å². The molecule has 0 saturated carbocycles. The van der Waals surface area contributed by atoms with E-state index in [9.17, 15) is 4.39 Å². The fourth-order valence-corrected chi connectivity index (χ4v) is 2.59. The van der Waals surface area contributed by atoms with Gasteiger partial charge < -0.3 is 14.3 Å². The molecule has 0 radical (unpaired) electrons. The first-order chi connectivity index (χ1) is 8.04. The minimum atomic E-state index is -0.305. The van der Waals surface area contributed by atoms with E-state index in [1.165, 1.54) is 6.07 Å². The molecule has 2 aromatic rings. The van der Waals surface area contributed by atoms with Crippen LogP contribution in [0.1, 0.15) is 13.0 Å². The van der Waals surface area contributed by atoms with Crippen LogP contribution >= 0.6 is 28.1 Å². The zero-order valence-electron chi connectivity index (χ0n) is 9.46. The zero-order valence-corrected chi connectivity index (χ0v) is 11.9. The largest absolute Gasteiger partial charge is 0.383 e. The number of imidazole rings is 1. The van der Waals surface area contributed by atoms with Gasteiger partial charge >= 0.3 is 0 Å². The average Bonchev–Trinajstić information content (AvgIpc) is 2.55. The van der Waals surface area contributed by atoms with E-state index in [1.807, 2.05) is 11.5 Å². The Bertz CT molecular complexity index is 607. The Morgan fingerprint density at radius 3 is 2.94 bits per heavy atom. The molecule has 1 heterocycles. The number of hydrogen-bond acceptors (Lipinski definition) is 2. The monoisotopic (exact) mass is 318 g/mol. The van der Waals surface area contributed by atoms with E-state index in [0.717, 1.165) is 5.52 Å². The van der Waals surface area contributed by atoms with Crippen LogP contribution in [0.2, 0.25) is 0 Å². The van der Waals surface area contributed by atoms with Crippen molar-refractivity contribution in [3.63, 3.8) is 0 Å². The lowest BCUT2D eigenvalue weighted by atomic mass is 10.3. The second kappa shape index (κ2) is 4.88. The summed E-state index contributed by atoms with van der Waals surface area (Å²) in [6.45, 7) is 2.56. The van der Waals surface area contributed by atoms with Crippen LogP contribution in [0, 0.1) is 10.6 Å². The molecular formula is C11H12BrFN2OS. The van der Waals surface area contributed by atoms with E-state index in [2.05, 4.69) is 20.9 Å². The predicted molar refractivity (Wildman–Crippen MR) is 71.4 cm³/mol. The lowest BCUT2D eigenvalue weighted by Gasteiger charge is -2.13. The van der Waals surface area contributed by atoms with Crippen molar-refractivity contribution in [1.29, 1.82) is 0 Å². The third-order valence-corrected chi connectivity index (χ3v) is 3.51. The second-order valence-electron chi connectivity index (χ2n) is 3.89. The minimum absolute atomic E-state index is 0.0959. The van der Waals surface area contributed by atoms with Gasteiger partial charge in [0.1, 0.15) is 5.82 Å². The molecule has 2 rings (SSSR count). The van der Waals surface area contributed by atoms with Crippen LogP contribution in [-0.2, 0) is 4.74 Å². The summed E-state index contributed by atoms with van der Waals surface area (Å²) >= 11 is 8.42. The van der Waals surface area contributed by atoms with Gasteiger partial charge in [0.15, 0.2) is 4.77 Å². The van der Waals surface area contributed by atoms with Gasteiger partial charge in [-0.05, 0) is 41.1 Å². The molecule has 1 N–H and O–H groups in total. The second-order valence-corrected chi connectivity index (χ2v) is 5.13. The summed E-state index contributed by atoms with van der Waals surface area (Å²) in [5.74, 6) is -0.305. The summed E-state index contributed by atoms with van der Waals surface area (Å²) in [5.41, 5.74) is 1.56. The molecular weight excluding hydrogens is 307 g/mol. The van der Waals surface area contributed by atoms with Crippen molar-refractivity contribution in [1.82, 2.24) is 9.55 Å². The Hall–Kier alpha value is -0.720. The van der Waals surface area contributed by atoms with E-state index in [1.54, 1.807) is 13.2 Å². The predicted octanol–water partition coefficient (Wildman–Crippen LogP) is 3.81. The van der Waals surface area contributed by atoms with Crippen LogP contribution < -0.4 is 0 Å². The minimum Gasteiger partial charge on any atom is -0.383 e. The highest BCUT2D eigenvalue weighted by Gasteiger charge is 2.13. The number of methoxy groups -OCH3 is 1. The van der Waals surface area contributed by atoms with E-state index in [4.69, 9.17) is 17.0 Å². The number of fused-ring (bicyclic) bond motifs is 1. The summed E-state index contributed by atoms with van der Waals surface area (Å²) in [6.07, 6.45) is 0. The smallest absolute Gasteiger partial charge is 0.178 e. The van der Waals surface area contributed by atoms with Crippen molar-refractivity contribution in [2.45, 2.75) is 13.0 Å². The van der Waals surface area contributed by atoms with Gasteiger partial charge in [0.2, 0.25) is 0 Å². The topological polar surface area (TPSA) is 29.9 Å². The molecule has 1 aromatic heterocycles. The maximum Gasteiger partial charge on any atom is 0.178 e. The molecule has 0 aliphatic rings. The number of nitrogens with one attached hydrogen (secondary N) is 1. The van der Waals surface area contributed by atoms with Gasteiger partial charge in [-0.25, -0.2) is 4.39 Å². The van der Waals surface area contributed by atoms with Crippen molar-refractivity contribution in [3.05, 3.63) is 27.2 Å². The van der Waals surface area contributed by atoms with Gasteiger partial charge in [0.25, 0.3) is 0 Å². The fourth-order valence-electron chi connectivity index (χ4n) is 1.87. The third-order valence-electron chi connectivity index (χ3n) is 2.61. The number of rotatable bonds is 3. The van der Waals surface area contributed by atoms with Crippen LogP contribution in [0.15, 0.2) is 16.6 Å². The molecule has 0 spiro atoms. The molecule has 0 aliphatic carbocycles. The van der Waals surface area contributed by atoms with E-state index >= 15 is 0 Å². The highest BCUT2D eigenvalue weighted by Crippen LogP contribution is 2.25. The first kappa shape index (κ1) is 12.7. The van der Waals surface area contributed by atoms with Gasteiger partial charge in [-0.15, -0.1) is 0 Å². The Morgan fingerprint density at radius 1 is 1.59 bits per heavy atom. The maximum atomic E-state index is 13.4. The van der Waals surface area contributed by atoms with Crippen molar-refractivity contribution in [2.75, 3.05) is 13.7 Å².